The van der Waals surface area contributed by atoms with Crippen molar-refractivity contribution < 1.29 is 4.74 Å². The molecule has 5 heteroatoms. The van der Waals surface area contributed by atoms with Gasteiger partial charge >= 0.3 is 0 Å². The smallest absolute Gasteiger partial charge is 0.199 e. The molecule has 94 valence electrons. The molecule has 0 saturated heterocycles. The monoisotopic (exact) mass is 263 g/mol. The van der Waals surface area contributed by atoms with Crippen molar-refractivity contribution in [1.29, 1.82) is 0 Å². The topological polar surface area (TPSA) is 47.0 Å². The van der Waals surface area contributed by atoms with Crippen LogP contribution in [0.4, 0.5) is 11.5 Å². The Balaban J connectivity index is 2.36. The van der Waals surface area contributed by atoms with Crippen LogP contribution >= 0.6 is 11.6 Å². The third kappa shape index (κ3) is 2.71. The van der Waals surface area contributed by atoms with Crippen molar-refractivity contribution in [1.82, 2.24) is 9.97 Å². The SMILES string of the molecule is COc1c(Cl)ncnc1Nc1cc(C)cc(C)c1. The van der Waals surface area contributed by atoms with Gasteiger partial charge in [-0.05, 0) is 37.1 Å². The van der Waals surface area contributed by atoms with Crippen molar-refractivity contribution in [3.05, 3.63) is 40.8 Å². The molecule has 0 amide bonds. The van der Waals surface area contributed by atoms with Crippen molar-refractivity contribution in [3.63, 3.8) is 0 Å². The molecule has 0 radical (unpaired) electrons. The molecule has 0 aliphatic heterocycles. The minimum absolute atomic E-state index is 0.291. The minimum Gasteiger partial charge on any atom is -0.490 e. The highest BCUT2D eigenvalue weighted by molar-refractivity contribution is 6.31. The van der Waals surface area contributed by atoms with Crippen molar-refractivity contribution in [3.8, 4) is 5.75 Å². The number of aryl methyl sites for hydroxylation is 2. The van der Waals surface area contributed by atoms with Gasteiger partial charge in [-0.2, -0.15) is 0 Å². The molecule has 0 aliphatic carbocycles. The van der Waals surface area contributed by atoms with Gasteiger partial charge in [-0.1, -0.05) is 17.7 Å². The number of benzene rings is 1. The van der Waals surface area contributed by atoms with Crippen LogP contribution in [0.3, 0.4) is 0 Å². The molecule has 1 N–H and O–H groups in total. The van der Waals surface area contributed by atoms with Gasteiger partial charge in [-0.15, -0.1) is 0 Å². The standard InChI is InChI=1S/C13H14ClN3O/c1-8-4-9(2)6-10(5-8)17-13-11(18-3)12(14)15-7-16-13/h4-7H,1-3H3,(H,15,16,17). The van der Waals surface area contributed by atoms with E-state index in [9.17, 15) is 0 Å². The summed E-state index contributed by atoms with van der Waals surface area (Å²) >= 11 is 5.94. The van der Waals surface area contributed by atoms with Crippen LogP contribution in [0.5, 0.6) is 5.75 Å². The predicted octanol–water partition coefficient (Wildman–Crippen LogP) is 3.50. The van der Waals surface area contributed by atoms with Gasteiger partial charge in [-0.25, -0.2) is 9.97 Å². The summed E-state index contributed by atoms with van der Waals surface area (Å²) in [5, 5.41) is 3.48. The van der Waals surface area contributed by atoms with E-state index in [0.29, 0.717) is 16.7 Å². The molecule has 0 saturated carbocycles. The maximum atomic E-state index is 5.94. The second-order valence-corrected chi connectivity index (χ2v) is 4.41. The van der Waals surface area contributed by atoms with Crippen LogP contribution in [0.15, 0.2) is 24.5 Å². The van der Waals surface area contributed by atoms with Crippen molar-refractivity contribution in [2.75, 3.05) is 12.4 Å². The zero-order valence-corrected chi connectivity index (χ0v) is 11.2. The molecule has 1 aromatic carbocycles. The van der Waals surface area contributed by atoms with E-state index in [2.05, 4.69) is 21.4 Å². The summed E-state index contributed by atoms with van der Waals surface area (Å²) in [6.07, 6.45) is 1.40. The van der Waals surface area contributed by atoms with E-state index in [0.717, 1.165) is 5.69 Å². The quantitative estimate of drug-likeness (QED) is 0.861. The summed E-state index contributed by atoms with van der Waals surface area (Å²) in [6, 6.07) is 6.17. The average Bonchev–Trinajstić information content (AvgIpc) is 2.27. The van der Waals surface area contributed by atoms with E-state index in [1.165, 1.54) is 24.6 Å². The molecule has 2 rings (SSSR count). The van der Waals surface area contributed by atoms with Gasteiger partial charge in [0, 0.05) is 5.69 Å². The zero-order chi connectivity index (χ0) is 13.1. The molecule has 0 fully saturated rings. The number of nitrogens with one attached hydrogen (secondary N) is 1. The van der Waals surface area contributed by atoms with E-state index in [-0.39, 0.29) is 0 Å². The van der Waals surface area contributed by atoms with Crippen LogP contribution in [-0.2, 0) is 0 Å². The molecule has 0 bridgehead atoms. The third-order valence-corrected chi connectivity index (χ3v) is 2.72. The van der Waals surface area contributed by atoms with Crippen molar-refractivity contribution in [2.45, 2.75) is 13.8 Å². The molecule has 1 aromatic heterocycles. The number of halogens is 1. The fraction of sp³-hybridized carbons (Fsp3) is 0.231. The van der Waals surface area contributed by atoms with E-state index < -0.39 is 0 Å². The number of nitrogens with zero attached hydrogens (tertiary/aromatic N) is 2. The molecule has 4 nitrogen and oxygen atoms in total. The first-order valence-corrected chi connectivity index (χ1v) is 5.87. The first kappa shape index (κ1) is 12.6. The largest absolute Gasteiger partial charge is 0.490 e. The van der Waals surface area contributed by atoms with E-state index in [1.807, 2.05) is 26.0 Å². The van der Waals surface area contributed by atoms with Gasteiger partial charge in [0.15, 0.2) is 16.7 Å². The Labute approximate surface area is 111 Å². The van der Waals surface area contributed by atoms with E-state index in [4.69, 9.17) is 16.3 Å². The van der Waals surface area contributed by atoms with Gasteiger partial charge in [0.05, 0.1) is 7.11 Å². The van der Waals surface area contributed by atoms with Crippen LogP contribution in [0.2, 0.25) is 5.15 Å². The summed E-state index contributed by atoms with van der Waals surface area (Å²) in [5.74, 6) is 1.00. The number of anilines is 2. The summed E-state index contributed by atoms with van der Waals surface area (Å²) in [5.41, 5.74) is 3.30. The Bertz CT molecular complexity index is 552. The molecule has 0 aliphatic rings. The zero-order valence-electron chi connectivity index (χ0n) is 10.5. The highest BCUT2D eigenvalue weighted by Gasteiger charge is 2.10. The predicted molar refractivity (Wildman–Crippen MR) is 72.8 cm³/mol. The highest BCUT2D eigenvalue weighted by atomic mass is 35.5. The van der Waals surface area contributed by atoms with Crippen molar-refractivity contribution in [2.24, 2.45) is 0 Å². The fourth-order valence-corrected chi connectivity index (χ4v) is 2.02. The Hall–Kier alpha value is -1.81. The van der Waals surface area contributed by atoms with Gasteiger partial charge in [-0.3, -0.25) is 0 Å². The third-order valence-electron chi connectivity index (χ3n) is 2.45. The number of hydrogen-bond acceptors (Lipinski definition) is 4. The van der Waals surface area contributed by atoms with E-state index >= 15 is 0 Å². The molecule has 0 atom stereocenters. The molecular formula is C13H14ClN3O. The summed E-state index contributed by atoms with van der Waals surface area (Å²) in [4.78, 5) is 8.01. The lowest BCUT2D eigenvalue weighted by atomic mass is 10.1. The first-order valence-electron chi connectivity index (χ1n) is 5.50. The molecule has 0 spiro atoms. The fourth-order valence-electron chi connectivity index (χ4n) is 1.81. The maximum absolute atomic E-state index is 5.94. The first-order chi connectivity index (χ1) is 8.60. The second kappa shape index (κ2) is 5.23. The lowest BCUT2D eigenvalue weighted by molar-refractivity contribution is 0.413. The van der Waals surface area contributed by atoms with E-state index in [1.54, 1.807) is 0 Å². The van der Waals surface area contributed by atoms with Gasteiger partial charge in [0.2, 0.25) is 0 Å². The second-order valence-electron chi connectivity index (χ2n) is 4.05. The van der Waals surface area contributed by atoms with Crippen LogP contribution in [-0.4, -0.2) is 17.1 Å². The molecular weight excluding hydrogens is 250 g/mol. The van der Waals surface area contributed by atoms with Crippen molar-refractivity contribution >= 4 is 23.1 Å². The Morgan fingerprint density at radius 1 is 1.11 bits per heavy atom. The van der Waals surface area contributed by atoms with Crippen LogP contribution in [0, 0.1) is 13.8 Å². The van der Waals surface area contributed by atoms with Crippen LogP contribution in [0.25, 0.3) is 0 Å². The number of rotatable bonds is 3. The Morgan fingerprint density at radius 2 is 1.78 bits per heavy atom. The normalized spacial score (nSPS) is 10.2. The number of hydrogen-bond donors (Lipinski definition) is 1. The maximum Gasteiger partial charge on any atom is 0.199 e. The molecule has 2 aromatic rings. The lowest BCUT2D eigenvalue weighted by Gasteiger charge is -2.11. The lowest BCUT2D eigenvalue weighted by Crippen LogP contribution is -1.99. The van der Waals surface area contributed by atoms with Crippen LogP contribution < -0.4 is 10.1 Å². The van der Waals surface area contributed by atoms with Gasteiger partial charge < -0.3 is 10.1 Å². The molecule has 0 unspecified atom stereocenters. The van der Waals surface area contributed by atoms with Crippen LogP contribution in [0.1, 0.15) is 11.1 Å². The van der Waals surface area contributed by atoms with Gasteiger partial charge in [0.25, 0.3) is 0 Å². The Kier molecular flexibility index (Phi) is 3.67. The molecule has 18 heavy (non-hydrogen) atoms. The summed E-state index contributed by atoms with van der Waals surface area (Å²) in [6.45, 7) is 4.09. The van der Waals surface area contributed by atoms with Gasteiger partial charge in [0.1, 0.15) is 6.33 Å². The molecule has 1 heterocycles. The summed E-state index contributed by atoms with van der Waals surface area (Å²) in [7, 11) is 1.54. The number of methoxy groups -OCH3 is 1. The number of ether oxygens (including phenoxy) is 1. The average molecular weight is 264 g/mol. The highest BCUT2D eigenvalue weighted by Crippen LogP contribution is 2.31. The Morgan fingerprint density at radius 3 is 2.39 bits per heavy atom. The minimum atomic E-state index is 0.291. The summed E-state index contributed by atoms with van der Waals surface area (Å²) < 4.78 is 5.19. The number of aromatic nitrogens is 2.